The minimum absolute atomic E-state index is 0.290. The van der Waals surface area contributed by atoms with Crippen molar-refractivity contribution in [3.05, 3.63) is 34.9 Å². The quantitative estimate of drug-likeness (QED) is 0.839. The Morgan fingerprint density at radius 2 is 1.95 bits per heavy atom. The number of benzene rings is 1. The Morgan fingerprint density at radius 3 is 2.45 bits per heavy atom. The third-order valence-corrected chi connectivity index (χ3v) is 5.98. The predicted molar refractivity (Wildman–Crippen MR) is 80.7 cm³/mol. The van der Waals surface area contributed by atoms with Crippen LogP contribution in [0.25, 0.3) is 0 Å². The van der Waals surface area contributed by atoms with E-state index in [9.17, 15) is 8.42 Å². The normalized spacial score (nSPS) is 14.8. The lowest BCUT2D eigenvalue weighted by molar-refractivity contribution is 0.393. The van der Waals surface area contributed by atoms with Gasteiger partial charge in [-0.15, -0.1) is 0 Å². The van der Waals surface area contributed by atoms with Crippen molar-refractivity contribution in [1.82, 2.24) is 4.31 Å². The number of aryl methyl sites for hydroxylation is 2. The predicted octanol–water partition coefficient (Wildman–Crippen LogP) is 2.93. The third-order valence-electron chi connectivity index (χ3n) is 3.71. The molecule has 0 aliphatic heterocycles. The molecule has 4 nitrogen and oxygen atoms in total. The van der Waals surface area contributed by atoms with Crippen molar-refractivity contribution in [2.24, 2.45) is 0 Å². The molecule has 0 N–H and O–H groups in total. The molecule has 5 heteroatoms. The summed E-state index contributed by atoms with van der Waals surface area (Å²) in [6.07, 6.45) is 0.294. The van der Waals surface area contributed by atoms with Crippen LogP contribution in [0.3, 0.4) is 0 Å². The molecular weight excluding hydrogens is 272 g/mol. The van der Waals surface area contributed by atoms with Crippen molar-refractivity contribution < 1.29 is 8.42 Å². The first kappa shape index (κ1) is 16.7. The molecule has 1 aromatic carbocycles. The maximum absolute atomic E-state index is 12.4. The average Bonchev–Trinajstić information content (AvgIpc) is 2.40. The van der Waals surface area contributed by atoms with E-state index < -0.39 is 15.3 Å². The first-order valence-corrected chi connectivity index (χ1v) is 8.19. The van der Waals surface area contributed by atoms with E-state index in [1.54, 1.807) is 14.0 Å². The number of nitrogens with zero attached hydrogens (tertiary/aromatic N) is 2. The molecule has 0 spiro atoms. The van der Waals surface area contributed by atoms with Crippen LogP contribution in [0, 0.1) is 25.2 Å². The van der Waals surface area contributed by atoms with Crippen LogP contribution in [-0.2, 0) is 10.0 Å². The monoisotopic (exact) mass is 294 g/mol. The van der Waals surface area contributed by atoms with Crippen LogP contribution < -0.4 is 0 Å². The summed E-state index contributed by atoms with van der Waals surface area (Å²) in [5.74, 6) is 0. The zero-order valence-corrected chi connectivity index (χ0v) is 13.5. The maximum atomic E-state index is 12.4. The highest BCUT2D eigenvalue weighted by Gasteiger charge is 2.32. The van der Waals surface area contributed by atoms with Crippen LogP contribution in [0.5, 0.6) is 0 Å². The Kier molecular flexibility index (Phi) is 5.32. The molecule has 0 fully saturated rings. The molecule has 0 saturated carbocycles. The smallest absolute Gasteiger partial charge is 0.211 e. The second-order valence-electron chi connectivity index (χ2n) is 5.12. The van der Waals surface area contributed by atoms with Crippen LogP contribution in [0.2, 0.25) is 0 Å². The van der Waals surface area contributed by atoms with Crippen LogP contribution >= 0.6 is 0 Å². The van der Waals surface area contributed by atoms with Crippen molar-refractivity contribution in [2.75, 3.05) is 7.05 Å². The van der Waals surface area contributed by atoms with Gasteiger partial charge in [0.25, 0.3) is 0 Å². The van der Waals surface area contributed by atoms with E-state index in [2.05, 4.69) is 0 Å². The number of sulfonamides is 1. The van der Waals surface area contributed by atoms with Gasteiger partial charge < -0.3 is 0 Å². The van der Waals surface area contributed by atoms with Gasteiger partial charge in [0.2, 0.25) is 10.0 Å². The summed E-state index contributed by atoms with van der Waals surface area (Å²) in [5.41, 5.74) is 3.12. The van der Waals surface area contributed by atoms with Crippen molar-refractivity contribution in [3.8, 4) is 6.07 Å². The number of rotatable bonds is 5. The molecule has 0 radical (unpaired) electrons. The highest BCUT2D eigenvalue weighted by Crippen LogP contribution is 2.27. The van der Waals surface area contributed by atoms with Gasteiger partial charge in [0, 0.05) is 13.1 Å². The van der Waals surface area contributed by atoms with E-state index in [4.69, 9.17) is 5.26 Å². The first-order chi connectivity index (χ1) is 9.25. The highest BCUT2D eigenvalue weighted by molar-refractivity contribution is 7.90. The molecule has 20 heavy (non-hydrogen) atoms. The number of hydrogen-bond acceptors (Lipinski definition) is 3. The first-order valence-electron chi connectivity index (χ1n) is 6.69. The van der Waals surface area contributed by atoms with E-state index in [0.29, 0.717) is 6.42 Å². The van der Waals surface area contributed by atoms with Gasteiger partial charge in [0.15, 0.2) is 5.25 Å². The standard InChI is InChI=1S/C15H22N2O2S/c1-6-14(10-16)20(18,19)17(5)13(4)15-9-11(2)7-8-12(15)3/h7-9,13-14H,6H2,1-5H3/t13-,14-/m1/s1. The molecule has 0 amide bonds. The number of nitriles is 1. The van der Waals surface area contributed by atoms with Gasteiger partial charge in [-0.3, -0.25) is 0 Å². The molecule has 0 heterocycles. The Morgan fingerprint density at radius 1 is 1.35 bits per heavy atom. The van der Waals surface area contributed by atoms with Crippen LogP contribution in [0.1, 0.15) is 43.0 Å². The summed E-state index contributed by atoms with van der Waals surface area (Å²) in [4.78, 5) is 0. The summed E-state index contributed by atoms with van der Waals surface area (Å²) in [7, 11) is -2.06. The molecule has 2 atom stereocenters. The van der Waals surface area contributed by atoms with Crippen molar-refractivity contribution in [3.63, 3.8) is 0 Å². The molecule has 0 aromatic heterocycles. The maximum Gasteiger partial charge on any atom is 0.230 e. The van der Waals surface area contributed by atoms with Gasteiger partial charge >= 0.3 is 0 Å². The van der Waals surface area contributed by atoms with Gasteiger partial charge in [-0.05, 0) is 38.3 Å². The lowest BCUT2D eigenvalue weighted by Crippen LogP contribution is -2.37. The lowest BCUT2D eigenvalue weighted by Gasteiger charge is -2.27. The minimum atomic E-state index is -3.61. The van der Waals surface area contributed by atoms with E-state index >= 15 is 0 Å². The molecule has 110 valence electrons. The van der Waals surface area contributed by atoms with E-state index in [1.807, 2.05) is 45.0 Å². The molecule has 0 bridgehead atoms. The molecule has 1 aromatic rings. The minimum Gasteiger partial charge on any atom is -0.211 e. The van der Waals surface area contributed by atoms with Gasteiger partial charge in [0.1, 0.15) is 0 Å². The Labute approximate surface area is 122 Å². The lowest BCUT2D eigenvalue weighted by atomic mass is 10.0. The SMILES string of the molecule is CC[C@H](C#N)S(=O)(=O)N(C)[C@H](C)c1cc(C)ccc1C. The fraction of sp³-hybridized carbons (Fsp3) is 0.533. The summed E-state index contributed by atoms with van der Waals surface area (Å²) >= 11 is 0. The Bertz CT molecular complexity index is 617. The van der Waals surface area contributed by atoms with E-state index in [1.165, 1.54) is 4.31 Å². The Hall–Kier alpha value is -1.38. The summed E-state index contributed by atoms with van der Waals surface area (Å²) < 4.78 is 26.1. The fourth-order valence-electron chi connectivity index (χ4n) is 2.20. The second-order valence-corrected chi connectivity index (χ2v) is 7.30. The van der Waals surface area contributed by atoms with E-state index in [-0.39, 0.29) is 6.04 Å². The van der Waals surface area contributed by atoms with Gasteiger partial charge in [-0.25, -0.2) is 8.42 Å². The highest BCUT2D eigenvalue weighted by atomic mass is 32.2. The van der Waals surface area contributed by atoms with Gasteiger partial charge in [0.05, 0.1) is 6.07 Å². The molecule has 1 rings (SSSR count). The Balaban J connectivity index is 3.18. The third kappa shape index (κ3) is 3.20. The van der Waals surface area contributed by atoms with Crippen LogP contribution in [0.15, 0.2) is 18.2 Å². The van der Waals surface area contributed by atoms with Gasteiger partial charge in [-0.2, -0.15) is 9.57 Å². The number of hydrogen-bond donors (Lipinski definition) is 0. The van der Waals surface area contributed by atoms with Crippen molar-refractivity contribution >= 4 is 10.0 Å². The zero-order chi connectivity index (χ0) is 15.5. The molecule has 0 aliphatic carbocycles. The topological polar surface area (TPSA) is 61.2 Å². The summed E-state index contributed by atoms with van der Waals surface area (Å²) in [5, 5.41) is 8.02. The largest absolute Gasteiger partial charge is 0.230 e. The van der Waals surface area contributed by atoms with Crippen molar-refractivity contribution in [2.45, 2.75) is 45.4 Å². The average molecular weight is 294 g/mol. The molecule has 0 aliphatic rings. The zero-order valence-electron chi connectivity index (χ0n) is 12.7. The molecule has 0 saturated heterocycles. The van der Waals surface area contributed by atoms with Crippen molar-refractivity contribution in [1.29, 1.82) is 5.26 Å². The summed E-state index contributed by atoms with van der Waals surface area (Å²) in [6, 6.07) is 7.58. The summed E-state index contributed by atoms with van der Waals surface area (Å²) in [6.45, 7) is 7.51. The van der Waals surface area contributed by atoms with E-state index in [0.717, 1.165) is 16.7 Å². The molecular formula is C15H22N2O2S. The fourth-order valence-corrected chi connectivity index (χ4v) is 3.71. The van der Waals surface area contributed by atoms with Crippen LogP contribution in [0.4, 0.5) is 0 Å². The molecule has 0 unspecified atom stereocenters. The second kappa shape index (κ2) is 6.38. The van der Waals surface area contributed by atoms with Gasteiger partial charge in [-0.1, -0.05) is 30.7 Å². The van der Waals surface area contributed by atoms with Crippen LogP contribution in [-0.4, -0.2) is 25.0 Å².